The summed E-state index contributed by atoms with van der Waals surface area (Å²) in [6.07, 6.45) is 0.00351. The van der Waals surface area contributed by atoms with Crippen LogP contribution in [0.5, 0.6) is 40.2 Å². The highest BCUT2D eigenvalue weighted by atomic mass is 32.2. The number of benzene rings is 3. The number of fused-ring (bicyclic) bond motifs is 9. The molecule has 3 aromatic rings. The lowest BCUT2D eigenvalue weighted by Gasteiger charge is -2.59. The number of hydrogen-bond acceptors (Lipinski definition) is 14. The summed E-state index contributed by atoms with van der Waals surface area (Å²) in [5.41, 5.74) is 4.29. The first-order valence-electron chi connectivity index (χ1n) is 16.8. The number of aromatic hydroxyl groups is 3. The van der Waals surface area contributed by atoms with E-state index in [0.29, 0.717) is 64.5 Å². The number of aryl methyl sites for hydroxylation is 1. The van der Waals surface area contributed by atoms with Crippen molar-refractivity contribution in [3.05, 3.63) is 62.7 Å². The predicted molar refractivity (Wildman–Crippen MR) is 180 cm³/mol. The molecule has 4 bridgehead atoms. The highest BCUT2D eigenvalue weighted by Gasteiger charge is 2.59. The molecule has 7 heterocycles. The van der Waals surface area contributed by atoms with Gasteiger partial charge >= 0.3 is 5.97 Å². The topological polar surface area (TPSA) is 171 Å². The maximum absolute atomic E-state index is 14.5. The van der Waals surface area contributed by atoms with Gasteiger partial charge in [0.1, 0.15) is 18.6 Å². The standard InChI is InChI=1S/C36H39N3O10S/c1-14-7-17-8-19-34(43)39-20-11-47-35(44)36(18-10-22(45-3)21(40)9-16(18)5-6-37-36)12-50-33(27(39)26(38-19)23(17)29(42)30(14)46-4)25-24(20)32-31(48-13-49-32)15(2)28(25)41/h7,9-10,19-20,26-27,33-34,37-38,40-43H,5-6,8,11-13H2,1-4H3/t19-,20+,26+,27?,33+,34-,36+/m0/s1. The monoisotopic (exact) mass is 705 g/mol. The fourth-order valence-electron chi connectivity index (χ4n) is 9.34. The minimum Gasteiger partial charge on any atom is -0.507 e. The number of phenolic OH excluding ortho intramolecular Hbond substituents is 3. The molecule has 14 heteroatoms. The Morgan fingerprint density at radius 2 is 1.78 bits per heavy atom. The third kappa shape index (κ3) is 4.13. The second kappa shape index (κ2) is 11.2. The number of aliphatic hydroxyl groups excluding tert-OH is 1. The van der Waals surface area contributed by atoms with Crippen molar-refractivity contribution >= 4 is 17.7 Å². The van der Waals surface area contributed by atoms with Crippen LogP contribution in [-0.4, -0.2) is 89.5 Å². The van der Waals surface area contributed by atoms with Gasteiger partial charge in [-0.1, -0.05) is 6.07 Å². The number of carbonyl (C=O) groups is 1. The van der Waals surface area contributed by atoms with Gasteiger partial charge in [-0.15, -0.1) is 11.8 Å². The number of aliphatic hydroxyl groups is 1. The van der Waals surface area contributed by atoms with Crippen molar-refractivity contribution < 1.29 is 48.9 Å². The van der Waals surface area contributed by atoms with Crippen molar-refractivity contribution in [2.45, 2.75) is 67.9 Å². The smallest absolute Gasteiger partial charge is 0.331 e. The fourth-order valence-corrected chi connectivity index (χ4v) is 11.0. The van der Waals surface area contributed by atoms with E-state index in [-0.39, 0.29) is 42.2 Å². The highest BCUT2D eigenvalue weighted by Crippen LogP contribution is 2.63. The van der Waals surface area contributed by atoms with E-state index in [1.54, 1.807) is 19.1 Å². The number of piperazine rings is 1. The number of rotatable bonds is 2. The van der Waals surface area contributed by atoms with Crippen LogP contribution in [0.1, 0.15) is 61.8 Å². The number of phenols is 3. The molecular weight excluding hydrogens is 666 g/mol. The average Bonchev–Trinajstić information content (AvgIpc) is 3.60. The second-order valence-corrected chi connectivity index (χ2v) is 15.1. The van der Waals surface area contributed by atoms with E-state index in [2.05, 4.69) is 10.6 Å². The quantitative estimate of drug-likeness (QED) is 0.215. The summed E-state index contributed by atoms with van der Waals surface area (Å²) in [6.45, 7) is 3.93. The Morgan fingerprint density at radius 1 is 0.980 bits per heavy atom. The summed E-state index contributed by atoms with van der Waals surface area (Å²) < 4.78 is 29.4. The molecule has 0 radical (unpaired) electrons. The predicted octanol–water partition coefficient (Wildman–Crippen LogP) is 2.85. The van der Waals surface area contributed by atoms with Crippen molar-refractivity contribution in [2.75, 3.05) is 39.9 Å². The van der Waals surface area contributed by atoms with Gasteiger partial charge in [0.05, 0.1) is 37.6 Å². The highest BCUT2D eigenvalue weighted by molar-refractivity contribution is 7.99. The lowest BCUT2D eigenvalue weighted by atomic mass is 9.74. The van der Waals surface area contributed by atoms with Crippen LogP contribution in [0.3, 0.4) is 0 Å². The Labute approximate surface area is 292 Å². The summed E-state index contributed by atoms with van der Waals surface area (Å²) in [7, 11) is 3.00. The molecule has 2 saturated heterocycles. The van der Waals surface area contributed by atoms with Crippen LogP contribution in [0.25, 0.3) is 0 Å². The number of nitrogens with one attached hydrogen (secondary N) is 2. The van der Waals surface area contributed by atoms with Crippen molar-refractivity contribution in [2.24, 2.45) is 0 Å². The SMILES string of the molecule is COc1cc2c(cc1O)CCN[C@]21CS[C@@H]2c3c(O)c(C)c4c(c3[C@@H](COC1=O)N1C2[C@@H]2N[C@@H](Cc3cc(C)c(OC)c(O)c32)[C@@H]1O)OCO4. The molecule has 2 fully saturated rings. The van der Waals surface area contributed by atoms with E-state index in [9.17, 15) is 25.2 Å². The van der Waals surface area contributed by atoms with Crippen LogP contribution >= 0.6 is 11.8 Å². The molecule has 264 valence electrons. The minimum absolute atomic E-state index is 0.0115. The van der Waals surface area contributed by atoms with E-state index in [4.69, 9.17) is 23.7 Å². The molecule has 7 aliphatic heterocycles. The molecule has 1 unspecified atom stereocenters. The average molecular weight is 706 g/mol. The molecule has 3 aromatic carbocycles. The number of nitrogens with zero attached hydrogens (tertiary/aromatic N) is 1. The summed E-state index contributed by atoms with van der Waals surface area (Å²) in [6, 6.07) is 3.15. The van der Waals surface area contributed by atoms with Gasteiger partial charge in [0, 0.05) is 40.6 Å². The van der Waals surface area contributed by atoms with Crippen LogP contribution in [0.2, 0.25) is 0 Å². The van der Waals surface area contributed by atoms with Crippen molar-refractivity contribution in [3.8, 4) is 40.2 Å². The Kier molecular flexibility index (Phi) is 7.14. The third-order valence-corrected chi connectivity index (χ3v) is 13.0. The van der Waals surface area contributed by atoms with E-state index < -0.39 is 47.2 Å². The van der Waals surface area contributed by atoms with E-state index in [0.717, 1.165) is 16.7 Å². The zero-order valence-corrected chi connectivity index (χ0v) is 28.8. The van der Waals surface area contributed by atoms with Crippen LogP contribution in [0.15, 0.2) is 18.2 Å². The van der Waals surface area contributed by atoms with Crippen molar-refractivity contribution in [1.82, 2.24) is 15.5 Å². The van der Waals surface area contributed by atoms with Gasteiger partial charge in [0.2, 0.25) is 6.79 Å². The van der Waals surface area contributed by atoms with Gasteiger partial charge in [-0.25, -0.2) is 4.79 Å². The Morgan fingerprint density at radius 3 is 2.56 bits per heavy atom. The van der Waals surface area contributed by atoms with Gasteiger partial charge < -0.3 is 49.4 Å². The van der Waals surface area contributed by atoms with E-state index >= 15 is 0 Å². The number of carbonyl (C=O) groups excluding carboxylic acids is 1. The molecule has 7 atom stereocenters. The first kappa shape index (κ1) is 31.9. The Balaban J connectivity index is 1.28. The number of hydrogen-bond donors (Lipinski definition) is 6. The van der Waals surface area contributed by atoms with E-state index in [1.165, 1.54) is 26.0 Å². The zero-order chi connectivity index (χ0) is 34.8. The van der Waals surface area contributed by atoms with Crippen molar-refractivity contribution in [1.29, 1.82) is 0 Å². The fraction of sp³-hybridized carbons (Fsp3) is 0.472. The third-order valence-electron chi connectivity index (χ3n) is 11.5. The molecule has 10 rings (SSSR count). The second-order valence-electron chi connectivity index (χ2n) is 13.9. The van der Waals surface area contributed by atoms with Crippen LogP contribution in [-0.2, 0) is 27.9 Å². The first-order chi connectivity index (χ1) is 24.1. The lowest BCUT2D eigenvalue weighted by Crippen LogP contribution is -2.69. The van der Waals surface area contributed by atoms with Crippen LogP contribution < -0.4 is 29.6 Å². The maximum Gasteiger partial charge on any atom is 0.331 e. The molecular formula is C36H39N3O10S. The molecule has 0 aromatic heterocycles. The molecule has 0 amide bonds. The zero-order valence-electron chi connectivity index (χ0n) is 28.0. The van der Waals surface area contributed by atoms with Gasteiger partial charge in [-0.2, -0.15) is 0 Å². The lowest BCUT2D eigenvalue weighted by molar-refractivity contribution is -0.164. The van der Waals surface area contributed by atoms with Gasteiger partial charge in [-0.05, 0) is 61.1 Å². The largest absolute Gasteiger partial charge is 0.507 e. The Bertz CT molecular complexity index is 1970. The number of esters is 1. The van der Waals surface area contributed by atoms with Gasteiger partial charge in [0.15, 0.2) is 40.0 Å². The summed E-state index contributed by atoms with van der Waals surface area (Å²) >= 11 is 1.46. The first-order valence-corrected chi connectivity index (χ1v) is 17.8. The van der Waals surface area contributed by atoms with Gasteiger partial charge in [0.25, 0.3) is 0 Å². The number of ether oxygens (including phenoxy) is 5. The molecule has 0 aliphatic carbocycles. The summed E-state index contributed by atoms with van der Waals surface area (Å²) in [5.74, 6) is 1.27. The molecule has 1 spiro atoms. The summed E-state index contributed by atoms with van der Waals surface area (Å²) in [4.78, 5) is 16.5. The minimum atomic E-state index is -1.32. The molecule has 13 nitrogen and oxygen atoms in total. The maximum atomic E-state index is 14.5. The normalized spacial score (nSPS) is 30.5. The molecule has 50 heavy (non-hydrogen) atoms. The van der Waals surface area contributed by atoms with Crippen LogP contribution in [0, 0.1) is 13.8 Å². The summed E-state index contributed by atoms with van der Waals surface area (Å²) in [5, 5.41) is 53.3. The van der Waals surface area contributed by atoms with E-state index in [1.807, 2.05) is 17.9 Å². The Hall–Kier alpha value is -4.08. The van der Waals surface area contributed by atoms with Crippen molar-refractivity contribution in [3.63, 3.8) is 0 Å². The molecule has 0 saturated carbocycles. The molecule has 6 N–H and O–H groups in total. The number of methoxy groups -OCH3 is 2. The number of thioether (sulfide) groups is 1. The van der Waals surface area contributed by atoms with Gasteiger partial charge in [-0.3, -0.25) is 10.2 Å². The molecule has 7 aliphatic rings. The van der Waals surface area contributed by atoms with Crippen LogP contribution in [0.4, 0.5) is 0 Å².